The van der Waals surface area contributed by atoms with Gasteiger partial charge < -0.3 is 23.7 Å². The standard InChI is InChI=1S/C18H17BrO6/c1-3-22-15-6-11(4-5-14(15)21-2)18(20)23-9-12-7-16-17(8-13(12)19)25-10-24-16/h4-8H,3,9-10H2,1-2H3. The molecule has 2 aromatic rings. The molecule has 1 aliphatic rings. The number of hydrogen-bond donors (Lipinski definition) is 0. The molecular formula is C18H17BrO6. The molecule has 0 atom stereocenters. The van der Waals surface area contributed by atoms with Crippen LogP contribution in [0.2, 0.25) is 0 Å². The Kier molecular flexibility index (Phi) is 5.33. The molecule has 2 aromatic carbocycles. The minimum Gasteiger partial charge on any atom is -0.493 e. The summed E-state index contributed by atoms with van der Waals surface area (Å²) in [6.45, 7) is 2.63. The van der Waals surface area contributed by atoms with E-state index < -0.39 is 5.97 Å². The molecule has 0 spiro atoms. The van der Waals surface area contributed by atoms with Crippen molar-refractivity contribution in [2.45, 2.75) is 13.5 Å². The van der Waals surface area contributed by atoms with Gasteiger partial charge in [0.2, 0.25) is 6.79 Å². The smallest absolute Gasteiger partial charge is 0.338 e. The highest BCUT2D eigenvalue weighted by atomic mass is 79.9. The van der Waals surface area contributed by atoms with Crippen LogP contribution in [-0.4, -0.2) is 26.5 Å². The van der Waals surface area contributed by atoms with Gasteiger partial charge in [-0.1, -0.05) is 15.9 Å². The number of ether oxygens (including phenoxy) is 5. The lowest BCUT2D eigenvalue weighted by Gasteiger charge is -2.11. The molecule has 7 heteroatoms. The second-order valence-electron chi connectivity index (χ2n) is 5.17. The fourth-order valence-corrected chi connectivity index (χ4v) is 2.81. The second kappa shape index (κ2) is 7.65. The van der Waals surface area contributed by atoms with Crippen molar-refractivity contribution >= 4 is 21.9 Å². The normalized spacial score (nSPS) is 12.0. The zero-order valence-corrected chi connectivity index (χ0v) is 15.4. The predicted molar refractivity (Wildman–Crippen MR) is 93.5 cm³/mol. The highest BCUT2D eigenvalue weighted by Gasteiger charge is 2.18. The van der Waals surface area contributed by atoms with Gasteiger partial charge in [0, 0.05) is 10.0 Å². The van der Waals surface area contributed by atoms with Crippen molar-refractivity contribution in [3.63, 3.8) is 0 Å². The van der Waals surface area contributed by atoms with Crippen LogP contribution in [0.4, 0.5) is 0 Å². The number of methoxy groups -OCH3 is 1. The minimum absolute atomic E-state index is 0.103. The number of carbonyl (C=O) groups is 1. The predicted octanol–water partition coefficient (Wildman–Crippen LogP) is 3.94. The fraction of sp³-hybridized carbons (Fsp3) is 0.278. The Morgan fingerprint density at radius 3 is 2.64 bits per heavy atom. The molecule has 0 unspecified atom stereocenters. The molecule has 0 saturated carbocycles. The number of esters is 1. The SMILES string of the molecule is CCOc1cc(C(=O)OCc2cc3c(cc2Br)OCO3)ccc1OC. The molecule has 0 N–H and O–H groups in total. The summed E-state index contributed by atoms with van der Waals surface area (Å²) >= 11 is 3.44. The van der Waals surface area contributed by atoms with Gasteiger partial charge in [0.05, 0.1) is 19.3 Å². The van der Waals surface area contributed by atoms with Gasteiger partial charge in [-0.3, -0.25) is 0 Å². The largest absolute Gasteiger partial charge is 0.493 e. The molecule has 1 heterocycles. The van der Waals surface area contributed by atoms with Gasteiger partial charge >= 0.3 is 5.97 Å². The van der Waals surface area contributed by atoms with E-state index in [9.17, 15) is 4.79 Å². The summed E-state index contributed by atoms with van der Waals surface area (Å²) in [5, 5.41) is 0. The van der Waals surface area contributed by atoms with Crippen LogP contribution < -0.4 is 18.9 Å². The number of hydrogen-bond acceptors (Lipinski definition) is 6. The van der Waals surface area contributed by atoms with Crippen LogP contribution >= 0.6 is 15.9 Å². The Bertz CT molecular complexity index is 789. The van der Waals surface area contributed by atoms with Crippen molar-refractivity contribution in [1.82, 2.24) is 0 Å². The van der Waals surface area contributed by atoms with Gasteiger partial charge in [-0.05, 0) is 37.3 Å². The summed E-state index contributed by atoms with van der Waals surface area (Å²) in [4.78, 5) is 12.3. The van der Waals surface area contributed by atoms with E-state index in [1.807, 2.05) is 6.92 Å². The summed E-state index contributed by atoms with van der Waals surface area (Å²) in [5.41, 5.74) is 1.18. The first-order valence-corrected chi connectivity index (χ1v) is 8.47. The Hall–Kier alpha value is -2.41. The first-order chi connectivity index (χ1) is 12.1. The molecule has 0 saturated heterocycles. The monoisotopic (exact) mass is 408 g/mol. The summed E-state index contributed by atoms with van der Waals surface area (Å²) < 4.78 is 27.5. The van der Waals surface area contributed by atoms with Gasteiger partial charge in [-0.15, -0.1) is 0 Å². The zero-order chi connectivity index (χ0) is 17.8. The van der Waals surface area contributed by atoms with E-state index in [-0.39, 0.29) is 13.4 Å². The lowest BCUT2D eigenvalue weighted by Crippen LogP contribution is -2.06. The molecule has 3 rings (SSSR count). The van der Waals surface area contributed by atoms with Gasteiger partial charge in [-0.25, -0.2) is 4.79 Å². The third-order valence-electron chi connectivity index (χ3n) is 3.60. The summed E-state index contributed by atoms with van der Waals surface area (Å²) in [5.74, 6) is 1.92. The van der Waals surface area contributed by atoms with E-state index in [0.717, 1.165) is 10.0 Å². The molecule has 132 valence electrons. The maximum absolute atomic E-state index is 12.3. The van der Waals surface area contributed by atoms with Gasteiger partial charge in [-0.2, -0.15) is 0 Å². The molecule has 0 aromatic heterocycles. The van der Waals surface area contributed by atoms with Crippen molar-refractivity contribution in [1.29, 1.82) is 0 Å². The van der Waals surface area contributed by atoms with Crippen LogP contribution in [0, 0.1) is 0 Å². The molecule has 0 fully saturated rings. The molecular weight excluding hydrogens is 392 g/mol. The van der Waals surface area contributed by atoms with E-state index in [1.54, 1.807) is 37.4 Å². The van der Waals surface area contributed by atoms with Crippen LogP contribution in [0.1, 0.15) is 22.8 Å². The van der Waals surface area contributed by atoms with Gasteiger partial charge in [0.1, 0.15) is 6.61 Å². The molecule has 0 amide bonds. The Labute approximate surface area is 153 Å². The summed E-state index contributed by atoms with van der Waals surface area (Å²) in [7, 11) is 1.55. The Balaban J connectivity index is 1.72. The minimum atomic E-state index is -0.451. The van der Waals surface area contributed by atoms with Crippen molar-refractivity contribution in [3.05, 3.63) is 45.9 Å². The number of benzene rings is 2. The van der Waals surface area contributed by atoms with Gasteiger partial charge in [0.25, 0.3) is 0 Å². The Morgan fingerprint density at radius 1 is 1.16 bits per heavy atom. The number of halogens is 1. The zero-order valence-electron chi connectivity index (χ0n) is 13.8. The van der Waals surface area contributed by atoms with Crippen LogP contribution in [0.3, 0.4) is 0 Å². The highest BCUT2D eigenvalue weighted by Crippen LogP contribution is 2.37. The maximum Gasteiger partial charge on any atom is 0.338 e. The lowest BCUT2D eigenvalue weighted by atomic mass is 10.2. The van der Waals surface area contributed by atoms with Crippen LogP contribution in [-0.2, 0) is 11.3 Å². The number of rotatable bonds is 6. The van der Waals surface area contributed by atoms with E-state index in [1.165, 1.54) is 0 Å². The third kappa shape index (κ3) is 3.82. The van der Waals surface area contributed by atoms with E-state index in [4.69, 9.17) is 23.7 Å². The van der Waals surface area contributed by atoms with Crippen molar-refractivity contribution < 1.29 is 28.5 Å². The van der Waals surface area contributed by atoms with E-state index >= 15 is 0 Å². The van der Waals surface area contributed by atoms with E-state index in [2.05, 4.69) is 15.9 Å². The molecule has 25 heavy (non-hydrogen) atoms. The first-order valence-electron chi connectivity index (χ1n) is 7.68. The number of fused-ring (bicyclic) bond motifs is 1. The van der Waals surface area contributed by atoms with E-state index in [0.29, 0.717) is 35.2 Å². The summed E-state index contributed by atoms with van der Waals surface area (Å²) in [6, 6.07) is 8.52. The molecule has 6 nitrogen and oxygen atoms in total. The highest BCUT2D eigenvalue weighted by molar-refractivity contribution is 9.10. The van der Waals surface area contributed by atoms with Crippen LogP contribution in [0.15, 0.2) is 34.8 Å². The van der Waals surface area contributed by atoms with Crippen molar-refractivity contribution in [3.8, 4) is 23.0 Å². The third-order valence-corrected chi connectivity index (χ3v) is 4.34. The second-order valence-corrected chi connectivity index (χ2v) is 6.03. The average molecular weight is 409 g/mol. The van der Waals surface area contributed by atoms with Crippen molar-refractivity contribution in [2.75, 3.05) is 20.5 Å². The van der Waals surface area contributed by atoms with Gasteiger partial charge in [0.15, 0.2) is 23.0 Å². The molecule has 0 bridgehead atoms. The van der Waals surface area contributed by atoms with Crippen LogP contribution in [0.25, 0.3) is 0 Å². The number of carbonyl (C=O) groups excluding carboxylic acids is 1. The lowest BCUT2D eigenvalue weighted by molar-refractivity contribution is 0.0471. The van der Waals surface area contributed by atoms with Crippen LogP contribution in [0.5, 0.6) is 23.0 Å². The first kappa shape index (κ1) is 17.4. The fourth-order valence-electron chi connectivity index (χ4n) is 2.37. The Morgan fingerprint density at radius 2 is 1.92 bits per heavy atom. The quantitative estimate of drug-likeness (QED) is 0.674. The maximum atomic E-state index is 12.3. The molecule has 0 radical (unpaired) electrons. The summed E-state index contributed by atoms with van der Waals surface area (Å²) in [6.07, 6.45) is 0. The van der Waals surface area contributed by atoms with Crippen molar-refractivity contribution in [2.24, 2.45) is 0 Å². The topological polar surface area (TPSA) is 63.2 Å². The molecule has 1 aliphatic heterocycles. The average Bonchev–Trinajstić information content (AvgIpc) is 3.06. The molecule has 0 aliphatic carbocycles.